The van der Waals surface area contributed by atoms with Gasteiger partial charge in [-0.1, -0.05) is 12.8 Å². The first-order valence-corrected chi connectivity index (χ1v) is 9.50. The smallest absolute Gasteiger partial charge is 0.251 e. The van der Waals surface area contributed by atoms with Gasteiger partial charge in [-0.05, 0) is 65.9 Å². The molecule has 0 aliphatic heterocycles. The van der Waals surface area contributed by atoms with Gasteiger partial charge >= 0.3 is 0 Å². The normalized spacial score (nSPS) is 20.5. The summed E-state index contributed by atoms with van der Waals surface area (Å²) >= 11 is 1.72. The Labute approximate surface area is 146 Å². The van der Waals surface area contributed by atoms with Gasteiger partial charge in [0.05, 0.1) is 12.1 Å². The van der Waals surface area contributed by atoms with E-state index in [1.54, 1.807) is 11.3 Å². The molecule has 1 heterocycles. The lowest BCUT2D eigenvalue weighted by molar-refractivity contribution is 0.0717. The number of nitrogens with one attached hydrogen (secondary N) is 2. The molecule has 4 nitrogen and oxygen atoms in total. The average Bonchev–Trinajstić information content (AvgIpc) is 3.11. The number of aliphatic hydroxyl groups is 1. The minimum atomic E-state index is -0.416. The van der Waals surface area contributed by atoms with Crippen LogP contribution in [-0.2, 0) is 6.42 Å². The molecule has 1 aromatic heterocycles. The van der Waals surface area contributed by atoms with Crippen molar-refractivity contribution in [2.24, 2.45) is 0 Å². The Morgan fingerprint density at radius 2 is 1.96 bits per heavy atom. The van der Waals surface area contributed by atoms with Gasteiger partial charge in [0, 0.05) is 17.8 Å². The molecule has 0 bridgehead atoms. The van der Waals surface area contributed by atoms with Crippen LogP contribution in [0.2, 0.25) is 0 Å². The molecule has 128 valence electrons. The van der Waals surface area contributed by atoms with Crippen molar-refractivity contribution < 1.29 is 9.90 Å². The number of carbonyl (C=O) groups excluding carboxylic acids is 1. The molecule has 2 atom stereocenters. The summed E-state index contributed by atoms with van der Waals surface area (Å²) in [6.07, 6.45) is 4.31. The summed E-state index contributed by atoms with van der Waals surface area (Å²) < 4.78 is 0. The van der Waals surface area contributed by atoms with Crippen molar-refractivity contribution in [1.29, 1.82) is 0 Å². The van der Waals surface area contributed by atoms with Crippen LogP contribution in [0.1, 0.15) is 41.6 Å². The van der Waals surface area contributed by atoms with Gasteiger partial charge in [0.25, 0.3) is 5.91 Å². The first-order chi connectivity index (χ1) is 11.7. The summed E-state index contributed by atoms with van der Waals surface area (Å²) in [6, 6.07) is 9.54. The molecule has 3 rings (SSSR count). The summed E-state index contributed by atoms with van der Waals surface area (Å²) in [5.74, 6) is -0.106. The molecule has 2 aromatic rings. The fourth-order valence-corrected chi connectivity index (χ4v) is 3.76. The van der Waals surface area contributed by atoms with E-state index in [2.05, 4.69) is 27.5 Å². The van der Waals surface area contributed by atoms with Crippen LogP contribution >= 0.6 is 11.3 Å². The third kappa shape index (κ3) is 4.58. The zero-order chi connectivity index (χ0) is 16.8. The van der Waals surface area contributed by atoms with Crippen molar-refractivity contribution in [3.63, 3.8) is 0 Å². The van der Waals surface area contributed by atoms with Crippen molar-refractivity contribution in [1.82, 2.24) is 5.32 Å². The zero-order valence-electron chi connectivity index (χ0n) is 13.7. The number of benzene rings is 1. The number of rotatable bonds is 6. The number of carbonyl (C=O) groups is 1. The number of hydrogen-bond donors (Lipinski definition) is 3. The fraction of sp³-hybridized carbons (Fsp3) is 0.421. The van der Waals surface area contributed by atoms with E-state index in [9.17, 15) is 9.90 Å². The summed E-state index contributed by atoms with van der Waals surface area (Å²) in [5, 5.41) is 20.5. The Kier molecular flexibility index (Phi) is 5.88. The second-order valence-corrected chi connectivity index (χ2v) is 7.10. The van der Waals surface area contributed by atoms with Crippen molar-refractivity contribution in [3.05, 3.63) is 52.2 Å². The van der Waals surface area contributed by atoms with Crippen LogP contribution in [0, 0.1) is 0 Å². The maximum atomic E-state index is 12.3. The summed E-state index contributed by atoms with van der Waals surface area (Å²) in [6.45, 7) is 0.872. The van der Waals surface area contributed by atoms with E-state index >= 15 is 0 Å². The van der Waals surface area contributed by atoms with Crippen LogP contribution in [-0.4, -0.2) is 29.7 Å². The zero-order valence-corrected chi connectivity index (χ0v) is 14.5. The maximum absolute atomic E-state index is 12.3. The van der Waals surface area contributed by atoms with E-state index < -0.39 is 6.10 Å². The highest BCUT2D eigenvalue weighted by molar-refractivity contribution is 7.07. The fourth-order valence-electron chi connectivity index (χ4n) is 3.06. The SMILES string of the molecule is O=C(N[C@H]1CCCC[C@@H]1O)c1ccc(NCCc2ccsc2)cc1. The maximum Gasteiger partial charge on any atom is 0.251 e. The number of anilines is 1. The van der Waals surface area contributed by atoms with Crippen molar-refractivity contribution in [3.8, 4) is 0 Å². The van der Waals surface area contributed by atoms with Crippen LogP contribution in [0.4, 0.5) is 5.69 Å². The molecule has 1 amide bonds. The number of aliphatic hydroxyl groups excluding tert-OH is 1. The van der Waals surface area contributed by atoms with Gasteiger partial charge in [0.2, 0.25) is 0 Å². The van der Waals surface area contributed by atoms with E-state index in [1.807, 2.05) is 24.3 Å². The van der Waals surface area contributed by atoms with E-state index in [0.29, 0.717) is 5.56 Å². The van der Waals surface area contributed by atoms with Crippen LogP contribution in [0.15, 0.2) is 41.1 Å². The minimum Gasteiger partial charge on any atom is -0.391 e. The molecule has 1 saturated carbocycles. The summed E-state index contributed by atoms with van der Waals surface area (Å²) in [4.78, 5) is 12.3. The molecule has 0 saturated heterocycles. The number of thiophene rings is 1. The highest BCUT2D eigenvalue weighted by atomic mass is 32.1. The lowest BCUT2D eigenvalue weighted by atomic mass is 9.92. The molecule has 5 heteroatoms. The molecular weight excluding hydrogens is 320 g/mol. The number of amides is 1. The van der Waals surface area contributed by atoms with E-state index in [0.717, 1.165) is 44.3 Å². The predicted octanol–water partition coefficient (Wildman–Crippen LogP) is 3.44. The third-order valence-corrected chi connectivity index (χ3v) is 5.25. The predicted molar refractivity (Wildman–Crippen MR) is 98.7 cm³/mol. The molecule has 1 aliphatic rings. The van der Waals surface area contributed by atoms with Crippen molar-refractivity contribution in [2.75, 3.05) is 11.9 Å². The standard InChI is InChI=1S/C19H24N2O2S/c22-18-4-2-1-3-17(18)21-19(23)15-5-7-16(8-6-15)20-11-9-14-10-12-24-13-14/h5-8,10,12-13,17-18,20,22H,1-4,9,11H2,(H,21,23)/t17-,18-/m0/s1. The second kappa shape index (κ2) is 8.31. The van der Waals surface area contributed by atoms with E-state index in [1.165, 1.54) is 5.56 Å². The second-order valence-electron chi connectivity index (χ2n) is 6.32. The molecule has 3 N–H and O–H groups in total. The van der Waals surface area contributed by atoms with Crippen LogP contribution < -0.4 is 10.6 Å². The van der Waals surface area contributed by atoms with Gasteiger partial charge in [0.15, 0.2) is 0 Å². The molecule has 24 heavy (non-hydrogen) atoms. The van der Waals surface area contributed by atoms with Crippen LogP contribution in [0.25, 0.3) is 0 Å². The largest absolute Gasteiger partial charge is 0.391 e. The van der Waals surface area contributed by atoms with E-state index in [-0.39, 0.29) is 11.9 Å². The van der Waals surface area contributed by atoms with Gasteiger partial charge < -0.3 is 15.7 Å². The summed E-state index contributed by atoms with van der Waals surface area (Å²) in [7, 11) is 0. The average molecular weight is 344 g/mol. The van der Waals surface area contributed by atoms with Gasteiger partial charge in [0.1, 0.15) is 0 Å². The lowest BCUT2D eigenvalue weighted by Crippen LogP contribution is -2.45. The van der Waals surface area contributed by atoms with Crippen LogP contribution in [0.5, 0.6) is 0 Å². The Hall–Kier alpha value is -1.85. The molecule has 1 aliphatic carbocycles. The monoisotopic (exact) mass is 344 g/mol. The minimum absolute atomic E-state index is 0.106. The first-order valence-electron chi connectivity index (χ1n) is 8.56. The Bertz CT molecular complexity index is 640. The van der Waals surface area contributed by atoms with Gasteiger partial charge in [-0.15, -0.1) is 0 Å². The Morgan fingerprint density at radius 1 is 1.17 bits per heavy atom. The molecule has 0 unspecified atom stereocenters. The first kappa shape index (κ1) is 17.0. The highest BCUT2D eigenvalue weighted by Crippen LogP contribution is 2.19. The highest BCUT2D eigenvalue weighted by Gasteiger charge is 2.24. The van der Waals surface area contributed by atoms with Gasteiger partial charge in [-0.3, -0.25) is 4.79 Å². The molecule has 0 spiro atoms. The topological polar surface area (TPSA) is 61.4 Å². The van der Waals surface area contributed by atoms with Crippen molar-refractivity contribution in [2.45, 2.75) is 44.2 Å². The lowest BCUT2D eigenvalue weighted by Gasteiger charge is -2.28. The molecule has 1 aromatic carbocycles. The van der Waals surface area contributed by atoms with Crippen LogP contribution in [0.3, 0.4) is 0 Å². The van der Waals surface area contributed by atoms with Gasteiger partial charge in [-0.2, -0.15) is 11.3 Å². The van der Waals surface area contributed by atoms with Gasteiger partial charge in [-0.25, -0.2) is 0 Å². The number of hydrogen-bond acceptors (Lipinski definition) is 4. The molecule has 1 fully saturated rings. The Balaban J connectivity index is 1.49. The molecular formula is C19H24N2O2S. The quantitative estimate of drug-likeness (QED) is 0.752. The molecule has 0 radical (unpaired) electrons. The van der Waals surface area contributed by atoms with Crippen molar-refractivity contribution >= 4 is 22.9 Å². The Morgan fingerprint density at radius 3 is 2.67 bits per heavy atom. The van der Waals surface area contributed by atoms with E-state index in [4.69, 9.17) is 0 Å². The third-order valence-electron chi connectivity index (χ3n) is 4.52. The summed E-state index contributed by atoms with van der Waals surface area (Å²) in [5.41, 5.74) is 2.99.